The topological polar surface area (TPSA) is 62.2 Å². The zero-order valence-corrected chi connectivity index (χ0v) is 16.5. The van der Waals surface area contributed by atoms with Crippen molar-refractivity contribution in [3.63, 3.8) is 0 Å². The standard InChI is InChI=1S/C22H28N2O4/c1-17(25)18-3-5-19(6-4-18)24-13-11-23(12-14-24)15-20(26)16-28-22-9-7-21(27-2)8-10-22/h3-10,20,26H,11-16H2,1-2H3. The number of rotatable bonds is 8. The van der Waals surface area contributed by atoms with Crippen molar-refractivity contribution in [3.05, 3.63) is 54.1 Å². The predicted octanol–water partition coefficient (Wildman–Crippen LogP) is 2.46. The molecule has 2 aromatic rings. The normalized spacial score (nSPS) is 15.9. The van der Waals surface area contributed by atoms with Gasteiger partial charge in [-0.2, -0.15) is 0 Å². The molecular formula is C22H28N2O4. The minimum absolute atomic E-state index is 0.0854. The van der Waals surface area contributed by atoms with Crippen molar-refractivity contribution < 1.29 is 19.4 Å². The van der Waals surface area contributed by atoms with Gasteiger partial charge in [-0.05, 0) is 55.5 Å². The molecule has 1 saturated heterocycles. The Kier molecular flexibility index (Phi) is 6.90. The number of ether oxygens (including phenoxy) is 2. The molecule has 0 bridgehead atoms. The van der Waals surface area contributed by atoms with Crippen molar-refractivity contribution in [2.24, 2.45) is 0 Å². The molecule has 1 aliphatic heterocycles. The van der Waals surface area contributed by atoms with E-state index in [0.29, 0.717) is 6.54 Å². The van der Waals surface area contributed by atoms with Gasteiger partial charge in [-0.25, -0.2) is 0 Å². The van der Waals surface area contributed by atoms with E-state index in [4.69, 9.17) is 9.47 Å². The molecule has 1 heterocycles. The van der Waals surface area contributed by atoms with Crippen LogP contribution in [-0.2, 0) is 0 Å². The van der Waals surface area contributed by atoms with Gasteiger partial charge in [0.25, 0.3) is 0 Å². The number of ketones is 1. The van der Waals surface area contributed by atoms with Crippen LogP contribution in [-0.4, -0.2) is 68.3 Å². The first-order valence-corrected chi connectivity index (χ1v) is 9.58. The third-order valence-electron chi connectivity index (χ3n) is 4.98. The third-order valence-corrected chi connectivity index (χ3v) is 4.98. The molecule has 2 aromatic carbocycles. The van der Waals surface area contributed by atoms with E-state index in [-0.39, 0.29) is 12.4 Å². The number of β-amino-alcohol motifs (C(OH)–C–C–N with tert-alkyl or cyclic N) is 1. The molecule has 0 radical (unpaired) electrons. The molecule has 1 N–H and O–H groups in total. The Labute approximate surface area is 166 Å². The summed E-state index contributed by atoms with van der Waals surface area (Å²) in [6.45, 7) is 5.99. The maximum Gasteiger partial charge on any atom is 0.159 e. The van der Waals surface area contributed by atoms with E-state index < -0.39 is 6.10 Å². The van der Waals surface area contributed by atoms with Gasteiger partial charge < -0.3 is 19.5 Å². The fraction of sp³-hybridized carbons (Fsp3) is 0.409. The zero-order chi connectivity index (χ0) is 19.9. The number of piperazine rings is 1. The smallest absolute Gasteiger partial charge is 0.159 e. The molecule has 1 atom stereocenters. The highest BCUT2D eigenvalue weighted by atomic mass is 16.5. The molecule has 28 heavy (non-hydrogen) atoms. The summed E-state index contributed by atoms with van der Waals surface area (Å²) in [6.07, 6.45) is -0.538. The second kappa shape index (κ2) is 9.57. The molecule has 150 valence electrons. The fourth-order valence-electron chi connectivity index (χ4n) is 3.31. The van der Waals surface area contributed by atoms with E-state index in [1.165, 1.54) is 0 Å². The minimum atomic E-state index is -0.538. The molecule has 1 fully saturated rings. The highest BCUT2D eigenvalue weighted by Crippen LogP contribution is 2.19. The van der Waals surface area contributed by atoms with Gasteiger partial charge in [0, 0.05) is 44.0 Å². The summed E-state index contributed by atoms with van der Waals surface area (Å²) in [4.78, 5) is 16.0. The minimum Gasteiger partial charge on any atom is -0.497 e. The van der Waals surface area contributed by atoms with E-state index in [1.54, 1.807) is 14.0 Å². The molecule has 0 aliphatic carbocycles. The number of nitrogens with zero attached hydrogens (tertiary/aromatic N) is 2. The van der Waals surface area contributed by atoms with Gasteiger partial charge in [0.2, 0.25) is 0 Å². The lowest BCUT2D eigenvalue weighted by atomic mass is 10.1. The number of carbonyl (C=O) groups is 1. The molecular weight excluding hydrogens is 356 g/mol. The lowest BCUT2D eigenvalue weighted by Gasteiger charge is -2.36. The van der Waals surface area contributed by atoms with E-state index in [0.717, 1.165) is 48.9 Å². The van der Waals surface area contributed by atoms with Crippen molar-refractivity contribution in [2.75, 3.05) is 51.3 Å². The highest BCUT2D eigenvalue weighted by molar-refractivity contribution is 5.94. The van der Waals surface area contributed by atoms with Gasteiger partial charge in [-0.1, -0.05) is 0 Å². The van der Waals surface area contributed by atoms with Crippen LogP contribution in [0.25, 0.3) is 0 Å². The van der Waals surface area contributed by atoms with E-state index in [1.807, 2.05) is 48.5 Å². The molecule has 1 aliphatic rings. The maximum absolute atomic E-state index is 11.4. The van der Waals surface area contributed by atoms with Crippen LogP contribution >= 0.6 is 0 Å². The molecule has 1 unspecified atom stereocenters. The maximum atomic E-state index is 11.4. The van der Waals surface area contributed by atoms with E-state index >= 15 is 0 Å². The predicted molar refractivity (Wildman–Crippen MR) is 110 cm³/mol. The summed E-state index contributed by atoms with van der Waals surface area (Å²) in [5, 5.41) is 10.3. The van der Waals surface area contributed by atoms with Crippen molar-refractivity contribution >= 4 is 11.5 Å². The second-order valence-corrected chi connectivity index (χ2v) is 7.03. The number of carbonyl (C=O) groups excluding carboxylic acids is 1. The van der Waals surface area contributed by atoms with Gasteiger partial charge in [-0.15, -0.1) is 0 Å². The number of aliphatic hydroxyl groups excluding tert-OH is 1. The van der Waals surface area contributed by atoms with Crippen LogP contribution in [0.15, 0.2) is 48.5 Å². The van der Waals surface area contributed by atoms with E-state index in [2.05, 4.69) is 9.80 Å². The Morgan fingerprint density at radius 3 is 2.18 bits per heavy atom. The average Bonchev–Trinajstić information content (AvgIpc) is 2.73. The molecule has 0 aromatic heterocycles. The van der Waals surface area contributed by atoms with Crippen LogP contribution in [0.5, 0.6) is 11.5 Å². The van der Waals surface area contributed by atoms with Crippen molar-refractivity contribution in [1.82, 2.24) is 4.90 Å². The summed E-state index contributed by atoms with van der Waals surface area (Å²) in [5.41, 5.74) is 1.87. The van der Waals surface area contributed by atoms with Crippen molar-refractivity contribution in [3.8, 4) is 11.5 Å². The summed E-state index contributed by atoms with van der Waals surface area (Å²) >= 11 is 0. The van der Waals surface area contributed by atoms with Gasteiger partial charge in [-0.3, -0.25) is 9.69 Å². The summed E-state index contributed by atoms with van der Waals surface area (Å²) < 4.78 is 10.8. The van der Waals surface area contributed by atoms with Crippen LogP contribution < -0.4 is 14.4 Å². The first-order chi connectivity index (χ1) is 13.5. The van der Waals surface area contributed by atoms with Gasteiger partial charge in [0.1, 0.15) is 24.2 Å². The number of methoxy groups -OCH3 is 1. The van der Waals surface area contributed by atoms with Crippen LogP contribution in [0, 0.1) is 0 Å². The monoisotopic (exact) mass is 384 g/mol. The average molecular weight is 384 g/mol. The summed E-state index contributed by atoms with van der Waals surface area (Å²) in [7, 11) is 1.63. The molecule has 3 rings (SSSR count). The lowest BCUT2D eigenvalue weighted by Crippen LogP contribution is -2.49. The van der Waals surface area contributed by atoms with Crippen LogP contribution in [0.1, 0.15) is 17.3 Å². The Morgan fingerprint density at radius 1 is 1.00 bits per heavy atom. The molecule has 0 amide bonds. The Bertz CT molecular complexity index is 753. The first-order valence-electron chi connectivity index (χ1n) is 9.58. The van der Waals surface area contributed by atoms with Crippen molar-refractivity contribution in [1.29, 1.82) is 0 Å². The number of hydrogen-bond acceptors (Lipinski definition) is 6. The number of hydrogen-bond donors (Lipinski definition) is 1. The number of anilines is 1. The number of Topliss-reactive ketones (excluding diaryl/α,β-unsaturated/α-hetero) is 1. The van der Waals surface area contributed by atoms with Crippen LogP contribution in [0.4, 0.5) is 5.69 Å². The molecule has 6 nitrogen and oxygen atoms in total. The first kappa shape index (κ1) is 20.2. The lowest BCUT2D eigenvalue weighted by molar-refractivity contribution is 0.0663. The van der Waals surface area contributed by atoms with E-state index in [9.17, 15) is 9.90 Å². The van der Waals surface area contributed by atoms with Gasteiger partial charge in [0.05, 0.1) is 7.11 Å². The third kappa shape index (κ3) is 5.47. The quantitative estimate of drug-likeness (QED) is 0.706. The van der Waals surface area contributed by atoms with Crippen LogP contribution in [0.2, 0.25) is 0 Å². The summed E-state index contributed by atoms with van der Waals surface area (Å²) in [5.74, 6) is 1.59. The Balaban J connectivity index is 1.41. The largest absolute Gasteiger partial charge is 0.497 e. The number of benzene rings is 2. The Hall–Kier alpha value is -2.57. The molecule has 6 heteroatoms. The summed E-state index contributed by atoms with van der Waals surface area (Å²) in [6, 6.07) is 15.1. The zero-order valence-electron chi connectivity index (χ0n) is 16.5. The Morgan fingerprint density at radius 2 is 1.61 bits per heavy atom. The number of aliphatic hydroxyl groups is 1. The second-order valence-electron chi connectivity index (χ2n) is 7.03. The SMILES string of the molecule is COc1ccc(OCC(O)CN2CCN(c3ccc(C(C)=O)cc3)CC2)cc1. The van der Waals surface area contributed by atoms with Crippen LogP contribution in [0.3, 0.4) is 0 Å². The molecule has 0 spiro atoms. The van der Waals surface area contributed by atoms with Gasteiger partial charge >= 0.3 is 0 Å². The van der Waals surface area contributed by atoms with Gasteiger partial charge in [0.15, 0.2) is 5.78 Å². The highest BCUT2D eigenvalue weighted by Gasteiger charge is 2.20. The van der Waals surface area contributed by atoms with Crippen molar-refractivity contribution in [2.45, 2.75) is 13.0 Å². The molecule has 0 saturated carbocycles. The fourth-order valence-corrected chi connectivity index (χ4v) is 3.31.